The zero-order valence-corrected chi connectivity index (χ0v) is 18.3. The lowest BCUT2D eigenvalue weighted by Crippen LogP contribution is -2.49. The van der Waals surface area contributed by atoms with Crippen molar-refractivity contribution in [1.29, 1.82) is 0 Å². The molecule has 1 saturated heterocycles. The van der Waals surface area contributed by atoms with E-state index in [-0.39, 0.29) is 50.1 Å². The van der Waals surface area contributed by atoms with Crippen LogP contribution < -0.4 is 10.6 Å². The molecule has 2 aromatic heterocycles. The maximum Gasteiger partial charge on any atom is 0.416 e. The zero-order chi connectivity index (χ0) is 24.8. The number of halogens is 3. The molecule has 0 unspecified atom stereocenters. The number of hydrogen-bond donors (Lipinski definition) is 1. The minimum Gasteiger partial charge on any atom is -0.366 e. The third kappa shape index (κ3) is 4.30. The van der Waals surface area contributed by atoms with Crippen molar-refractivity contribution >= 4 is 29.0 Å². The van der Waals surface area contributed by atoms with Crippen LogP contribution in [0.1, 0.15) is 22.5 Å². The summed E-state index contributed by atoms with van der Waals surface area (Å²) in [5.74, 6) is 0.254. The molecule has 11 nitrogen and oxygen atoms in total. The molecule has 0 spiro atoms. The molecular weight excluding hydrogens is 457 g/mol. The summed E-state index contributed by atoms with van der Waals surface area (Å²) in [5.41, 5.74) is 6.05. The summed E-state index contributed by atoms with van der Waals surface area (Å²) in [6.45, 7) is 4.57. The number of nitro benzene ring substituents is 1. The van der Waals surface area contributed by atoms with Crippen LogP contribution in [0.25, 0.3) is 5.78 Å². The summed E-state index contributed by atoms with van der Waals surface area (Å²) in [6, 6.07) is 2.47. The van der Waals surface area contributed by atoms with Gasteiger partial charge in [-0.3, -0.25) is 14.9 Å². The van der Waals surface area contributed by atoms with Crippen LogP contribution in [0.15, 0.2) is 18.2 Å². The molecule has 3 aromatic rings. The molecule has 0 radical (unpaired) electrons. The van der Waals surface area contributed by atoms with Gasteiger partial charge >= 0.3 is 6.18 Å². The van der Waals surface area contributed by atoms with Gasteiger partial charge in [0.2, 0.25) is 11.9 Å². The Hall–Kier alpha value is -3.97. The third-order valence-corrected chi connectivity index (χ3v) is 5.87. The number of alkyl halides is 3. The number of rotatable bonds is 4. The van der Waals surface area contributed by atoms with E-state index in [4.69, 9.17) is 5.73 Å². The van der Waals surface area contributed by atoms with Crippen molar-refractivity contribution in [2.24, 2.45) is 0 Å². The van der Waals surface area contributed by atoms with Gasteiger partial charge in [-0.2, -0.15) is 22.7 Å². The molecule has 180 valence electrons. The molecule has 0 aliphatic carbocycles. The second-order valence-electron chi connectivity index (χ2n) is 7.95. The van der Waals surface area contributed by atoms with Crippen LogP contribution in [-0.4, -0.2) is 61.5 Å². The van der Waals surface area contributed by atoms with Gasteiger partial charge < -0.3 is 15.5 Å². The average molecular weight is 478 g/mol. The SMILES string of the molecule is Cc1nc2nc(N)nn2c(C)c1CC(=O)N1CCN(c2ccc(C(F)(F)F)cc2[N+](=O)[O-])CC1. The lowest BCUT2D eigenvalue weighted by atomic mass is 10.1. The van der Waals surface area contributed by atoms with Crippen LogP contribution in [0.4, 0.5) is 30.5 Å². The molecule has 1 amide bonds. The number of nitrogens with two attached hydrogens (primary N) is 1. The molecule has 34 heavy (non-hydrogen) atoms. The fraction of sp³-hybridized carbons (Fsp3) is 0.400. The number of carbonyl (C=O) groups excluding carboxylic acids is 1. The number of anilines is 2. The number of benzene rings is 1. The number of amides is 1. The second-order valence-corrected chi connectivity index (χ2v) is 7.95. The first-order valence-corrected chi connectivity index (χ1v) is 10.3. The zero-order valence-electron chi connectivity index (χ0n) is 18.3. The standard InChI is InChI=1S/C20H21F3N8O3/c1-11-14(12(2)30-19(25-11)26-18(24)27-30)10-17(32)29-7-5-28(6-8-29)15-4-3-13(20(21,22)23)9-16(15)31(33)34/h3-4,9H,5-8,10H2,1-2H3,(H2,24,27). The molecule has 4 rings (SSSR count). The van der Waals surface area contributed by atoms with Gasteiger partial charge in [0.1, 0.15) is 5.69 Å². The molecule has 0 atom stereocenters. The topological polar surface area (TPSA) is 136 Å². The number of nitro groups is 1. The van der Waals surface area contributed by atoms with Crippen LogP contribution in [0.3, 0.4) is 0 Å². The van der Waals surface area contributed by atoms with E-state index >= 15 is 0 Å². The van der Waals surface area contributed by atoms with Gasteiger partial charge in [0.25, 0.3) is 11.5 Å². The molecule has 0 saturated carbocycles. The summed E-state index contributed by atoms with van der Waals surface area (Å²) < 4.78 is 40.4. The quantitative estimate of drug-likeness (QED) is 0.445. The normalized spacial score (nSPS) is 14.6. The number of aromatic nitrogens is 4. The molecule has 1 aromatic carbocycles. The number of hydrogen-bond acceptors (Lipinski definition) is 8. The summed E-state index contributed by atoms with van der Waals surface area (Å²) in [7, 11) is 0. The lowest BCUT2D eigenvalue weighted by Gasteiger charge is -2.36. The van der Waals surface area contributed by atoms with Gasteiger partial charge in [-0.05, 0) is 26.0 Å². The van der Waals surface area contributed by atoms with Gasteiger partial charge in [0.15, 0.2) is 0 Å². The van der Waals surface area contributed by atoms with Crippen molar-refractivity contribution in [3.8, 4) is 0 Å². The number of carbonyl (C=O) groups is 1. The highest BCUT2D eigenvalue weighted by Crippen LogP contribution is 2.36. The Kier molecular flexibility index (Phi) is 5.75. The minimum atomic E-state index is -4.68. The van der Waals surface area contributed by atoms with Gasteiger partial charge in [0.05, 0.1) is 16.9 Å². The van der Waals surface area contributed by atoms with E-state index in [2.05, 4.69) is 15.1 Å². The van der Waals surface area contributed by atoms with Crippen LogP contribution in [-0.2, 0) is 17.4 Å². The van der Waals surface area contributed by atoms with Crippen LogP contribution in [0, 0.1) is 24.0 Å². The van der Waals surface area contributed by atoms with Crippen molar-refractivity contribution in [3.63, 3.8) is 0 Å². The Morgan fingerprint density at radius 3 is 2.47 bits per heavy atom. The van der Waals surface area contributed by atoms with E-state index < -0.39 is 22.4 Å². The van der Waals surface area contributed by atoms with Crippen molar-refractivity contribution < 1.29 is 22.9 Å². The number of fused-ring (bicyclic) bond motifs is 1. The predicted molar refractivity (Wildman–Crippen MR) is 115 cm³/mol. The molecular formula is C20H21F3N8O3. The Balaban J connectivity index is 1.48. The minimum absolute atomic E-state index is 0.0702. The lowest BCUT2D eigenvalue weighted by molar-refractivity contribution is -0.384. The third-order valence-electron chi connectivity index (χ3n) is 5.87. The van der Waals surface area contributed by atoms with E-state index in [0.717, 1.165) is 12.1 Å². The summed E-state index contributed by atoms with van der Waals surface area (Å²) in [4.78, 5) is 35.1. The van der Waals surface area contributed by atoms with E-state index in [1.165, 1.54) is 4.52 Å². The van der Waals surface area contributed by atoms with Crippen molar-refractivity contribution in [3.05, 3.63) is 50.8 Å². The Labute approximate surface area is 191 Å². The van der Waals surface area contributed by atoms with Gasteiger partial charge in [0, 0.05) is 49.2 Å². The number of nitrogen functional groups attached to an aromatic ring is 1. The first-order valence-electron chi connectivity index (χ1n) is 10.3. The largest absolute Gasteiger partial charge is 0.416 e. The number of piperazine rings is 1. The van der Waals surface area contributed by atoms with Crippen molar-refractivity contribution in [2.75, 3.05) is 36.8 Å². The summed E-state index contributed by atoms with van der Waals surface area (Å²) >= 11 is 0. The monoisotopic (exact) mass is 478 g/mol. The maximum atomic E-state index is 13.0. The Bertz CT molecular complexity index is 1280. The molecule has 1 aliphatic heterocycles. The van der Waals surface area contributed by atoms with Crippen molar-refractivity contribution in [2.45, 2.75) is 26.4 Å². The summed E-state index contributed by atoms with van der Waals surface area (Å²) in [5, 5.41) is 15.5. The van der Waals surface area contributed by atoms with E-state index in [9.17, 15) is 28.1 Å². The molecule has 3 heterocycles. The summed E-state index contributed by atoms with van der Waals surface area (Å²) in [6.07, 6.45) is -4.61. The average Bonchev–Trinajstić information content (AvgIpc) is 3.15. The van der Waals surface area contributed by atoms with Gasteiger partial charge in [-0.1, -0.05) is 0 Å². The smallest absolute Gasteiger partial charge is 0.366 e. The Morgan fingerprint density at radius 2 is 1.85 bits per heavy atom. The van der Waals surface area contributed by atoms with Gasteiger partial charge in [-0.25, -0.2) is 4.98 Å². The van der Waals surface area contributed by atoms with Crippen LogP contribution in [0.2, 0.25) is 0 Å². The van der Waals surface area contributed by atoms with E-state index in [1.54, 1.807) is 23.6 Å². The van der Waals surface area contributed by atoms with E-state index in [1.807, 2.05) is 0 Å². The van der Waals surface area contributed by atoms with E-state index in [0.29, 0.717) is 28.8 Å². The first kappa shape index (κ1) is 23.2. The first-order chi connectivity index (χ1) is 16.0. The fourth-order valence-corrected chi connectivity index (χ4v) is 4.05. The molecule has 0 bridgehead atoms. The van der Waals surface area contributed by atoms with Crippen molar-refractivity contribution in [1.82, 2.24) is 24.5 Å². The van der Waals surface area contributed by atoms with Crippen LogP contribution >= 0.6 is 0 Å². The second kappa shape index (κ2) is 8.43. The Morgan fingerprint density at radius 1 is 1.18 bits per heavy atom. The number of aryl methyl sites for hydroxylation is 2. The fourth-order valence-electron chi connectivity index (χ4n) is 4.05. The molecule has 1 fully saturated rings. The number of nitrogens with zero attached hydrogens (tertiary/aromatic N) is 7. The highest BCUT2D eigenvalue weighted by molar-refractivity contribution is 5.80. The maximum absolute atomic E-state index is 13.0. The molecule has 2 N–H and O–H groups in total. The predicted octanol–water partition coefficient (Wildman–Crippen LogP) is 2.14. The molecule has 14 heteroatoms. The highest BCUT2D eigenvalue weighted by atomic mass is 19.4. The van der Waals surface area contributed by atoms with Crippen LogP contribution in [0.5, 0.6) is 0 Å². The molecule has 1 aliphatic rings. The highest BCUT2D eigenvalue weighted by Gasteiger charge is 2.34. The van der Waals surface area contributed by atoms with Gasteiger partial charge in [-0.15, -0.1) is 5.10 Å².